The van der Waals surface area contributed by atoms with Crippen molar-refractivity contribution in [2.45, 2.75) is 31.1 Å². The molecular formula is C20H19NO2. The summed E-state index contributed by atoms with van der Waals surface area (Å²) in [6.45, 7) is 0. The Hall–Kier alpha value is -2.42. The first-order chi connectivity index (χ1) is 11.1. The van der Waals surface area contributed by atoms with E-state index in [2.05, 4.69) is 24.3 Å². The summed E-state index contributed by atoms with van der Waals surface area (Å²) < 4.78 is 0. The number of hydrogen-bond acceptors (Lipinski definition) is 2. The molecule has 1 aliphatic heterocycles. The first-order valence-electron chi connectivity index (χ1n) is 8.12. The van der Waals surface area contributed by atoms with Gasteiger partial charge in [-0.05, 0) is 41.7 Å². The summed E-state index contributed by atoms with van der Waals surface area (Å²) in [7, 11) is 1.84. The van der Waals surface area contributed by atoms with Crippen molar-refractivity contribution in [3.63, 3.8) is 0 Å². The van der Waals surface area contributed by atoms with Gasteiger partial charge in [0.1, 0.15) is 5.78 Å². The summed E-state index contributed by atoms with van der Waals surface area (Å²) in [5, 5.41) is 0. The van der Waals surface area contributed by atoms with Gasteiger partial charge in [-0.3, -0.25) is 9.59 Å². The summed E-state index contributed by atoms with van der Waals surface area (Å²) in [4.78, 5) is 26.3. The molecule has 1 fully saturated rings. The number of hydrogen-bond donors (Lipinski definition) is 0. The maximum atomic E-state index is 12.9. The van der Waals surface area contributed by atoms with Crippen LogP contribution in [0.2, 0.25) is 0 Å². The van der Waals surface area contributed by atoms with E-state index in [1.807, 2.05) is 31.3 Å². The Morgan fingerprint density at radius 2 is 1.61 bits per heavy atom. The molecule has 0 saturated heterocycles. The second kappa shape index (κ2) is 5.05. The highest BCUT2D eigenvalue weighted by molar-refractivity contribution is 6.09. The number of likely N-dealkylation sites (N-methyl/N-ethyl adjacent to an activating group) is 1. The minimum atomic E-state index is -0.497. The van der Waals surface area contributed by atoms with Crippen molar-refractivity contribution in [1.82, 2.24) is 0 Å². The second-order valence-corrected chi connectivity index (χ2v) is 6.58. The summed E-state index contributed by atoms with van der Waals surface area (Å²) in [6, 6.07) is 16.5. The molecule has 1 aliphatic carbocycles. The standard InChI is InChI=1S/C20H19NO2/c1-21-18-8-7-15(14-5-3-2-4-6-14)13-17(18)20(19(21)23)11-9-16(22)10-12-20/h2-8,13H,9-12H2,1H3. The lowest BCUT2D eigenvalue weighted by molar-refractivity contribution is -0.127. The Morgan fingerprint density at radius 3 is 2.30 bits per heavy atom. The van der Waals surface area contributed by atoms with Crippen LogP contribution in [0.5, 0.6) is 0 Å². The van der Waals surface area contributed by atoms with Gasteiger partial charge >= 0.3 is 0 Å². The predicted molar refractivity (Wildman–Crippen MR) is 90.4 cm³/mol. The van der Waals surface area contributed by atoms with Crippen LogP contribution in [0.25, 0.3) is 11.1 Å². The van der Waals surface area contributed by atoms with Crippen LogP contribution in [0.3, 0.4) is 0 Å². The molecule has 3 heteroatoms. The normalized spacial score (nSPS) is 19.3. The largest absolute Gasteiger partial charge is 0.314 e. The average molecular weight is 305 g/mol. The molecule has 2 aromatic rings. The molecule has 1 heterocycles. The van der Waals surface area contributed by atoms with Crippen molar-refractivity contribution in [1.29, 1.82) is 0 Å². The molecule has 0 aromatic heterocycles. The molecule has 1 saturated carbocycles. The predicted octanol–water partition coefficient (Wildman–Crippen LogP) is 3.71. The van der Waals surface area contributed by atoms with Gasteiger partial charge < -0.3 is 4.90 Å². The van der Waals surface area contributed by atoms with Gasteiger partial charge in [-0.15, -0.1) is 0 Å². The Balaban J connectivity index is 1.85. The molecule has 1 amide bonds. The van der Waals surface area contributed by atoms with Crippen LogP contribution in [-0.4, -0.2) is 18.7 Å². The zero-order valence-electron chi connectivity index (χ0n) is 13.2. The van der Waals surface area contributed by atoms with Crippen LogP contribution in [0.1, 0.15) is 31.2 Å². The molecule has 2 aromatic carbocycles. The SMILES string of the molecule is CN1C(=O)C2(CCC(=O)CC2)c2cc(-c3ccccc3)ccc21. The van der Waals surface area contributed by atoms with E-state index in [0.29, 0.717) is 25.7 Å². The van der Waals surface area contributed by atoms with Crippen molar-refractivity contribution in [3.8, 4) is 11.1 Å². The lowest BCUT2D eigenvalue weighted by Crippen LogP contribution is -2.41. The summed E-state index contributed by atoms with van der Waals surface area (Å²) in [6.07, 6.45) is 2.30. The first kappa shape index (κ1) is 14.2. The van der Waals surface area contributed by atoms with Crippen LogP contribution >= 0.6 is 0 Å². The average Bonchev–Trinajstić information content (AvgIpc) is 2.80. The molecule has 3 nitrogen and oxygen atoms in total. The van der Waals surface area contributed by atoms with Gasteiger partial charge in [0.2, 0.25) is 5.91 Å². The molecule has 23 heavy (non-hydrogen) atoms. The van der Waals surface area contributed by atoms with Gasteiger partial charge in [0.15, 0.2) is 0 Å². The van der Waals surface area contributed by atoms with E-state index in [0.717, 1.165) is 22.4 Å². The van der Waals surface area contributed by atoms with Crippen molar-refractivity contribution < 1.29 is 9.59 Å². The van der Waals surface area contributed by atoms with E-state index in [-0.39, 0.29) is 11.7 Å². The Morgan fingerprint density at radius 1 is 0.913 bits per heavy atom. The van der Waals surface area contributed by atoms with Crippen molar-refractivity contribution in [2.75, 3.05) is 11.9 Å². The van der Waals surface area contributed by atoms with Gasteiger partial charge in [-0.1, -0.05) is 36.4 Å². The number of benzene rings is 2. The maximum absolute atomic E-state index is 12.9. The minimum Gasteiger partial charge on any atom is -0.314 e. The molecule has 0 unspecified atom stereocenters. The minimum absolute atomic E-state index is 0.144. The fourth-order valence-electron chi connectivity index (χ4n) is 4.01. The van der Waals surface area contributed by atoms with E-state index in [4.69, 9.17) is 0 Å². The fourth-order valence-corrected chi connectivity index (χ4v) is 4.01. The van der Waals surface area contributed by atoms with Crippen LogP contribution in [0.15, 0.2) is 48.5 Å². The van der Waals surface area contributed by atoms with Crippen LogP contribution in [0, 0.1) is 0 Å². The molecule has 4 rings (SSSR count). The molecule has 0 radical (unpaired) electrons. The molecule has 0 bridgehead atoms. The number of anilines is 1. The lowest BCUT2D eigenvalue weighted by Gasteiger charge is -2.31. The van der Waals surface area contributed by atoms with E-state index in [1.165, 1.54) is 0 Å². The number of nitrogens with zero attached hydrogens (tertiary/aromatic N) is 1. The summed E-state index contributed by atoms with van der Waals surface area (Å²) in [5.41, 5.74) is 3.87. The molecule has 1 spiro atoms. The monoisotopic (exact) mass is 305 g/mol. The van der Waals surface area contributed by atoms with Gasteiger partial charge in [0.05, 0.1) is 5.41 Å². The quantitative estimate of drug-likeness (QED) is 0.805. The highest BCUT2D eigenvalue weighted by atomic mass is 16.2. The highest BCUT2D eigenvalue weighted by Gasteiger charge is 2.51. The second-order valence-electron chi connectivity index (χ2n) is 6.58. The van der Waals surface area contributed by atoms with Crippen LogP contribution < -0.4 is 4.90 Å². The Bertz CT molecular complexity index is 785. The number of ketones is 1. The molecular weight excluding hydrogens is 286 g/mol. The zero-order chi connectivity index (χ0) is 16.0. The molecule has 0 N–H and O–H groups in total. The fraction of sp³-hybridized carbons (Fsp3) is 0.300. The third-order valence-corrected chi connectivity index (χ3v) is 5.36. The number of rotatable bonds is 1. The van der Waals surface area contributed by atoms with E-state index in [1.54, 1.807) is 4.90 Å². The third kappa shape index (κ3) is 2.03. The topological polar surface area (TPSA) is 37.4 Å². The number of amides is 1. The number of carbonyl (C=O) groups excluding carboxylic acids is 2. The van der Waals surface area contributed by atoms with Gasteiger partial charge in [-0.25, -0.2) is 0 Å². The molecule has 0 atom stereocenters. The number of Topliss-reactive ketones (excluding diaryl/α,β-unsaturated/α-hetero) is 1. The van der Waals surface area contributed by atoms with Crippen molar-refractivity contribution in [3.05, 3.63) is 54.1 Å². The molecule has 2 aliphatic rings. The number of carbonyl (C=O) groups is 2. The van der Waals surface area contributed by atoms with Gasteiger partial charge in [-0.2, -0.15) is 0 Å². The Kier molecular flexibility index (Phi) is 3.12. The Labute approximate surface area is 135 Å². The summed E-state index contributed by atoms with van der Waals surface area (Å²) in [5.74, 6) is 0.420. The van der Waals surface area contributed by atoms with E-state index in [9.17, 15) is 9.59 Å². The lowest BCUT2D eigenvalue weighted by atomic mass is 9.69. The zero-order valence-corrected chi connectivity index (χ0v) is 13.2. The maximum Gasteiger partial charge on any atom is 0.237 e. The van der Waals surface area contributed by atoms with E-state index < -0.39 is 5.41 Å². The van der Waals surface area contributed by atoms with Gasteiger partial charge in [0, 0.05) is 25.6 Å². The summed E-state index contributed by atoms with van der Waals surface area (Å²) >= 11 is 0. The van der Waals surface area contributed by atoms with Crippen LogP contribution in [0.4, 0.5) is 5.69 Å². The number of fused-ring (bicyclic) bond motifs is 2. The smallest absolute Gasteiger partial charge is 0.237 e. The third-order valence-electron chi connectivity index (χ3n) is 5.36. The highest BCUT2D eigenvalue weighted by Crippen LogP contribution is 2.49. The molecule has 116 valence electrons. The van der Waals surface area contributed by atoms with Crippen LogP contribution in [-0.2, 0) is 15.0 Å². The van der Waals surface area contributed by atoms with E-state index >= 15 is 0 Å². The van der Waals surface area contributed by atoms with Crippen molar-refractivity contribution >= 4 is 17.4 Å². The van der Waals surface area contributed by atoms with Gasteiger partial charge in [0.25, 0.3) is 0 Å². The first-order valence-corrected chi connectivity index (χ1v) is 8.12. The van der Waals surface area contributed by atoms with Crippen molar-refractivity contribution in [2.24, 2.45) is 0 Å².